The summed E-state index contributed by atoms with van der Waals surface area (Å²) in [5, 5.41) is 3.08. The van der Waals surface area contributed by atoms with E-state index in [9.17, 15) is 4.79 Å². The summed E-state index contributed by atoms with van der Waals surface area (Å²) in [4.78, 5) is 11.7. The molecule has 3 nitrogen and oxygen atoms in total. The number of amides is 1. The van der Waals surface area contributed by atoms with Gasteiger partial charge >= 0.3 is 0 Å². The van der Waals surface area contributed by atoms with Gasteiger partial charge in [-0.3, -0.25) is 4.79 Å². The Morgan fingerprint density at radius 3 is 2.65 bits per heavy atom. The molecule has 1 heterocycles. The van der Waals surface area contributed by atoms with Crippen LogP contribution in [0.5, 0.6) is 0 Å². The van der Waals surface area contributed by atoms with E-state index in [1.165, 1.54) is 32.1 Å². The molecule has 1 aliphatic heterocycles. The summed E-state index contributed by atoms with van der Waals surface area (Å²) in [5.41, 5.74) is 0. The minimum absolute atomic E-state index is 0.214. The molecule has 0 spiro atoms. The summed E-state index contributed by atoms with van der Waals surface area (Å²) >= 11 is 0. The van der Waals surface area contributed by atoms with Gasteiger partial charge in [-0.1, -0.05) is 19.3 Å². The van der Waals surface area contributed by atoms with Crippen molar-refractivity contribution in [3.63, 3.8) is 0 Å². The number of hydrogen-bond acceptors (Lipinski definition) is 2. The molecular formula is C14H25NO2. The van der Waals surface area contributed by atoms with Crippen LogP contribution in [0.4, 0.5) is 0 Å². The van der Waals surface area contributed by atoms with Crippen molar-refractivity contribution in [2.24, 2.45) is 5.92 Å². The molecular weight excluding hydrogens is 214 g/mol. The topological polar surface area (TPSA) is 38.3 Å². The van der Waals surface area contributed by atoms with E-state index in [1.54, 1.807) is 0 Å². The Balaban J connectivity index is 1.53. The highest BCUT2D eigenvalue weighted by atomic mass is 16.5. The van der Waals surface area contributed by atoms with Crippen LogP contribution in [0.2, 0.25) is 0 Å². The molecule has 0 aromatic rings. The predicted molar refractivity (Wildman–Crippen MR) is 67.8 cm³/mol. The molecule has 0 aromatic heterocycles. The molecule has 2 rings (SSSR count). The van der Waals surface area contributed by atoms with Crippen LogP contribution in [-0.2, 0) is 9.53 Å². The standard InChI is InChI=1S/C14H25NO2/c16-14(9-8-13-7-4-10-17-13)15-11-12-5-2-1-3-6-12/h12-13H,1-11H2,(H,15,16). The lowest BCUT2D eigenvalue weighted by Crippen LogP contribution is -2.30. The summed E-state index contributed by atoms with van der Waals surface area (Å²) in [7, 11) is 0. The molecule has 1 atom stereocenters. The molecule has 17 heavy (non-hydrogen) atoms. The third-order valence-corrected chi connectivity index (χ3v) is 4.03. The van der Waals surface area contributed by atoms with Crippen molar-refractivity contribution in [3.8, 4) is 0 Å². The first-order valence-electron chi connectivity index (χ1n) is 7.23. The van der Waals surface area contributed by atoms with E-state index >= 15 is 0 Å². The summed E-state index contributed by atoms with van der Waals surface area (Å²) < 4.78 is 5.52. The summed E-state index contributed by atoms with van der Waals surface area (Å²) in [6.07, 6.45) is 10.8. The number of nitrogens with one attached hydrogen (secondary N) is 1. The second-order valence-corrected chi connectivity index (χ2v) is 5.48. The molecule has 1 unspecified atom stereocenters. The predicted octanol–water partition coefficient (Wildman–Crippen LogP) is 2.64. The summed E-state index contributed by atoms with van der Waals surface area (Å²) in [6.45, 7) is 1.78. The van der Waals surface area contributed by atoms with Crippen LogP contribution >= 0.6 is 0 Å². The van der Waals surface area contributed by atoms with E-state index in [0.29, 0.717) is 12.5 Å². The number of hydrogen-bond donors (Lipinski definition) is 1. The Labute approximate surface area is 104 Å². The van der Waals surface area contributed by atoms with Crippen molar-refractivity contribution >= 4 is 5.91 Å². The Morgan fingerprint density at radius 1 is 1.12 bits per heavy atom. The van der Waals surface area contributed by atoms with Crippen LogP contribution < -0.4 is 5.32 Å². The molecule has 1 N–H and O–H groups in total. The van der Waals surface area contributed by atoms with Crippen LogP contribution in [-0.4, -0.2) is 25.2 Å². The SMILES string of the molecule is O=C(CCC1CCCO1)NCC1CCCCC1. The molecule has 2 aliphatic rings. The first-order valence-corrected chi connectivity index (χ1v) is 7.23. The van der Waals surface area contributed by atoms with Crippen molar-refractivity contribution in [1.29, 1.82) is 0 Å². The second-order valence-electron chi connectivity index (χ2n) is 5.48. The minimum atomic E-state index is 0.214. The van der Waals surface area contributed by atoms with Gasteiger partial charge in [0.1, 0.15) is 0 Å². The molecule has 0 bridgehead atoms. The maximum absolute atomic E-state index is 11.7. The molecule has 0 aromatic carbocycles. The van der Waals surface area contributed by atoms with Gasteiger partial charge in [-0.05, 0) is 38.0 Å². The lowest BCUT2D eigenvalue weighted by Gasteiger charge is -2.21. The zero-order valence-corrected chi connectivity index (χ0v) is 10.7. The maximum Gasteiger partial charge on any atom is 0.220 e. The van der Waals surface area contributed by atoms with Crippen LogP contribution in [0.25, 0.3) is 0 Å². The van der Waals surface area contributed by atoms with E-state index < -0.39 is 0 Å². The molecule has 1 amide bonds. The van der Waals surface area contributed by atoms with E-state index in [1.807, 2.05) is 0 Å². The molecule has 1 saturated heterocycles. The average molecular weight is 239 g/mol. The summed E-state index contributed by atoms with van der Waals surface area (Å²) in [5.74, 6) is 0.946. The largest absolute Gasteiger partial charge is 0.378 e. The third kappa shape index (κ3) is 4.66. The molecule has 2 fully saturated rings. The normalized spacial score (nSPS) is 26.0. The van der Waals surface area contributed by atoms with Gasteiger partial charge in [0.05, 0.1) is 6.10 Å². The van der Waals surface area contributed by atoms with Gasteiger partial charge in [0.15, 0.2) is 0 Å². The molecule has 1 aliphatic carbocycles. The highest BCUT2D eigenvalue weighted by Gasteiger charge is 2.17. The van der Waals surface area contributed by atoms with Gasteiger partial charge in [0, 0.05) is 19.6 Å². The highest BCUT2D eigenvalue weighted by molar-refractivity contribution is 5.75. The van der Waals surface area contributed by atoms with Gasteiger partial charge in [0.2, 0.25) is 5.91 Å². The van der Waals surface area contributed by atoms with Crippen LogP contribution in [0.1, 0.15) is 57.8 Å². The number of ether oxygens (including phenoxy) is 1. The minimum Gasteiger partial charge on any atom is -0.378 e. The Morgan fingerprint density at radius 2 is 1.94 bits per heavy atom. The smallest absolute Gasteiger partial charge is 0.220 e. The molecule has 98 valence electrons. The van der Waals surface area contributed by atoms with Gasteiger partial charge in [0.25, 0.3) is 0 Å². The van der Waals surface area contributed by atoms with E-state index in [0.717, 1.165) is 38.3 Å². The lowest BCUT2D eigenvalue weighted by atomic mass is 9.89. The van der Waals surface area contributed by atoms with E-state index in [2.05, 4.69) is 5.32 Å². The van der Waals surface area contributed by atoms with Crippen molar-refractivity contribution in [2.45, 2.75) is 63.9 Å². The second kappa shape index (κ2) is 7.00. The molecule has 0 radical (unpaired) electrons. The van der Waals surface area contributed by atoms with E-state index in [-0.39, 0.29) is 5.91 Å². The monoisotopic (exact) mass is 239 g/mol. The average Bonchev–Trinajstić information content (AvgIpc) is 2.88. The van der Waals surface area contributed by atoms with Crippen LogP contribution in [0.15, 0.2) is 0 Å². The maximum atomic E-state index is 11.7. The van der Waals surface area contributed by atoms with Crippen molar-refractivity contribution < 1.29 is 9.53 Å². The fourth-order valence-corrected chi connectivity index (χ4v) is 2.90. The fraction of sp³-hybridized carbons (Fsp3) is 0.929. The van der Waals surface area contributed by atoms with E-state index in [4.69, 9.17) is 4.74 Å². The van der Waals surface area contributed by atoms with Crippen LogP contribution in [0.3, 0.4) is 0 Å². The Bertz CT molecular complexity index is 230. The zero-order valence-electron chi connectivity index (χ0n) is 10.7. The molecule has 1 saturated carbocycles. The Hall–Kier alpha value is -0.570. The quantitative estimate of drug-likeness (QED) is 0.801. The fourth-order valence-electron chi connectivity index (χ4n) is 2.90. The van der Waals surface area contributed by atoms with Gasteiger partial charge < -0.3 is 10.1 Å². The van der Waals surface area contributed by atoms with Crippen molar-refractivity contribution in [1.82, 2.24) is 5.32 Å². The van der Waals surface area contributed by atoms with Crippen molar-refractivity contribution in [2.75, 3.05) is 13.2 Å². The van der Waals surface area contributed by atoms with Gasteiger partial charge in [-0.25, -0.2) is 0 Å². The number of rotatable bonds is 5. The van der Waals surface area contributed by atoms with Crippen LogP contribution in [0, 0.1) is 5.92 Å². The van der Waals surface area contributed by atoms with Gasteiger partial charge in [-0.15, -0.1) is 0 Å². The number of carbonyl (C=O) groups is 1. The highest BCUT2D eigenvalue weighted by Crippen LogP contribution is 2.22. The third-order valence-electron chi connectivity index (χ3n) is 4.03. The summed E-state index contributed by atoms with van der Waals surface area (Å²) in [6, 6.07) is 0. The Kier molecular flexibility index (Phi) is 5.30. The number of carbonyl (C=O) groups excluding carboxylic acids is 1. The zero-order chi connectivity index (χ0) is 11.9. The molecule has 3 heteroatoms. The first kappa shape index (κ1) is 12.9. The lowest BCUT2D eigenvalue weighted by molar-refractivity contribution is -0.121. The van der Waals surface area contributed by atoms with Crippen molar-refractivity contribution in [3.05, 3.63) is 0 Å². The van der Waals surface area contributed by atoms with Gasteiger partial charge in [-0.2, -0.15) is 0 Å². The first-order chi connectivity index (χ1) is 8.34.